The van der Waals surface area contributed by atoms with Crippen LogP contribution in [-0.2, 0) is 0 Å². The van der Waals surface area contributed by atoms with Crippen LogP contribution >= 0.6 is 0 Å². The summed E-state index contributed by atoms with van der Waals surface area (Å²) in [5, 5.41) is 8.50. The van der Waals surface area contributed by atoms with E-state index in [1.54, 1.807) is 0 Å². The van der Waals surface area contributed by atoms with E-state index in [4.69, 9.17) is 16.7 Å². The van der Waals surface area contributed by atoms with Crippen LogP contribution in [0.2, 0.25) is 0 Å². The van der Waals surface area contributed by atoms with Crippen LogP contribution < -0.4 is 17.0 Å². The van der Waals surface area contributed by atoms with Gasteiger partial charge in [-0.3, -0.25) is 5.84 Å². The Bertz CT molecular complexity index is 312. The molecule has 0 aliphatic carbocycles. The summed E-state index contributed by atoms with van der Waals surface area (Å²) in [6, 6.07) is 1.23. The van der Waals surface area contributed by atoms with E-state index in [-0.39, 0.29) is 11.4 Å². The number of aromatic nitrogens is 1. The normalized spacial score (nSPS) is 9.42. The fourth-order valence-electron chi connectivity index (χ4n) is 0.708. The molecule has 6 heteroatoms. The Morgan fingerprint density at radius 1 is 1.67 bits per heavy atom. The predicted molar refractivity (Wildman–Crippen MR) is 43.4 cm³/mol. The SMILES string of the molecule is NNc1cnc(C(=O)O)cc1N. The van der Waals surface area contributed by atoms with Crippen molar-refractivity contribution in [1.82, 2.24) is 4.98 Å². The number of carboxylic acids is 1. The van der Waals surface area contributed by atoms with Crippen molar-refractivity contribution in [2.24, 2.45) is 5.84 Å². The fourth-order valence-corrected chi connectivity index (χ4v) is 0.708. The number of nitrogens with one attached hydrogen (secondary N) is 1. The van der Waals surface area contributed by atoms with Crippen LogP contribution in [0.3, 0.4) is 0 Å². The molecule has 0 atom stereocenters. The summed E-state index contributed by atoms with van der Waals surface area (Å²) in [7, 11) is 0. The highest BCUT2D eigenvalue weighted by Gasteiger charge is 2.06. The Balaban J connectivity index is 3.10. The molecule has 6 nitrogen and oxygen atoms in total. The maximum atomic E-state index is 10.4. The summed E-state index contributed by atoms with van der Waals surface area (Å²) in [6.07, 6.45) is 1.26. The minimum Gasteiger partial charge on any atom is -0.477 e. The second-order valence-corrected chi connectivity index (χ2v) is 2.11. The Morgan fingerprint density at radius 3 is 2.75 bits per heavy atom. The molecule has 1 heterocycles. The molecule has 0 amide bonds. The Labute approximate surface area is 68.2 Å². The van der Waals surface area contributed by atoms with Gasteiger partial charge in [0.15, 0.2) is 0 Å². The van der Waals surface area contributed by atoms with Crippen molar-refractivity contribution >= 4 is 17.3 Å². The molecule has 0 fully saturated rings. The summed E-state index contributed by atoms with van der Waals surface area (Å²) in [4.78, 5) is 14.0. The second kappa shape index (κ2) is 3.05. The third kappa shape index (κ3) is 1.43. The first-order chi connectivity index (χ1) is 5.65. The van der Waals surface area contributed by atoms with Crippen molar-refractivity contribution in [3.05, 3.63) is 18.0 Å². The Hall–Kier alpha value is -1.82. The highest BCUT2D eigenvalue weighted by molar-refractivity contribution is 5.87. The number of nitrogens with two attached hydrogens (primary N) is 2. The molecule has 12 heavy (non-hydrogen) atoms. The lowest BCUT2D eigenvalue weighted by Gasteiger charge is -2.03. The summed E-state index contributed by atoms with van der Waals surface area (Å²) in [5.74, 6) is 3.94. The molecule has 0 saturated heterocycles. The van der Waals surface area contributed by atoms with Crippen LogP contribution in [-0.4, -0.2) is 16.1 Å². The maximum Gasteiger partial charge on any atom is 0.354 e. The lowest BCUT2D eigenvalue weighted by Crippen LogP contribution is -2.11. The second-order valence-electron chi connectivity index (χ2n) is 2.11. The largest absolute Gasteiger partial charge is 0.477 e. The monoisotopic (exact) mass is 168 g/mol. The van der Waals surface area contributed by atoms with Gasteiger partial charge in [-0.1, -0.05) is 0 Å². The van der Waals surface area contributed by atoms with Crippen LogP contribution in [0.5, 0.6) is 0 Å². The van der Waals surface area contributed by atoms with Crippen LogP contribution in [0.15, 0.2) is 12.3 Å². The minimum atomic E-state index is -1.12. The topological polar surface area (TPSA) is 114 Å². The maximum absolute atomic E-state index is 10.4. The van der Waals surface area contributed by atoms with Gasteiger partial charge in [0.05, 0.1) is 17.6 Å². The molecular weight excluding hydrogens is 160 g/mol. The van der Waals surface area contributed by atoms with E-state index in [1.165, 1.54) is 12.3 Å². The minimum absolute atomic E-state index is 0.105. The van der Waals surface area contributed by atoms with Crippen LogP contribution in [0.1, 0.15) is 10.5 Å². The number of nitrogen functional groups attached to an aromatic ring is 2. The van der Waals surface area contributed by atoms with Gasteiger partial charge in [-0.2, -0.15) is 0 Å². The van der Waals surface area contributed by atoms with E-state index in [9.17, 15) is 4.79 Å². The number of hydrogen-bond donors (Lipinski definition) is 4. The molecule has 0 radical (unpaired) electrons. The predicted octanol–water partition coefficient (Wildman–Crippen LogP) is -0.352. The average molecular weight is 168 g/mol. The number of nitrogens with zero attached hydrogens (tertiary/aromatic N) is 1. The summed E-state index contributed by atoms with van der Waals surface area (Å²) in [5.41, 5.74) is 8.26. The van der Waals surface area contributed by atoms with Crippen molar-refractivity contribution in [2.75, 3.05) is 11.2 Å². The van der Waals surface area contributed by atoms with Gasteiger partial charge in [0.1, 0.15) is 5.69 Å². The van der Waals surface area contributed by atoms with Gasteiger partial charge in [0.2, 0.25) is 0 Å². The zero-order chi connectivity index (χ0) is 9.14. The van der Waals surface area contributed by atoms with Gasteiger partial charge >= 0.3 is 5.97 Å². The van der Waals surface area contributed by atoms with Gasteiger partial charge in [0, 0.05) is 0 Å². The van der Waals surface area contributed by atoms with Gasteiger partial charge in [-0.05, 0) is 6.07 Å². The van der Waals surface area contributed by atoms with Gasteiger partial charge in [0.25, 0.3) is 0 Å². The Morgan fingerprint density at radius 2 is 2.33 bits per heavy atom. The molecule has 0 aliphatic heterocycles. The van der Waals surface area contributed by atoms with Crippen LogP contribution in [0.25, 0.3) is 0 Å². The van der Waals surface area contributed by atoms with Crippen molar-refractivity contribution in [2.45, 2.75) is 0 Å². The Kier molecular flexibility index (Phi) is 2.11. The van der Waals surface area contributed by atoms with E-state index in [2.05, 4.69) is 10.4 Å². The molecule has 0 bridgehead atoms. The number of aromatic carboxylic acids is 1. The highest BCUT2D eigenvalue weighted by atomic mass is 16.4. The van der Waals surface area contributed by atoms with Crippen molar-refractivity contribution in [3.63, 3.8) is 0 Å². The van der Waals surface area contributed by atoms with Crippen LogP contribution in [0.4, 0.5) is 11.4 Å². The molecule has 1 aromatic heterocycles. The van der Waals surface area contributed by atoms with E-state index in [0.717, 1.165) is 0 Å². The molecule has 1 rings (SSSR count). The van der Waals surface area contributed by atoms with Crippen molar-refractivity contribution in [3.8, 4) is 0 Å². The number of anilines is 2. The molecular formula is C6H8N4O2. The lowest BCUT2D eigenvalue weighted by atomic mass is 10.3. The number of carboxylic acid groups (broad SMARTS) is 1. The van der Waals surface area contributed by atoms with Gasteiger partial charge < -0.3 is 16.3 Å². The molecule has 1 aromatic rings. The fraction of sp³-hybridized carbons (Fsp3) is 0. The summed E-state index contributed by atoms with van der Waals surface area (Å²) < 4.78 is 0. The summed E-state index contributed by atoms with van der Waals surface area (Å²) >= 11 is 0. The van der Waals surface area contributed by atoms with Gasteiger partial charge in [-0.25, -0.2) is 9.78 Å². The van der Waals surface area contributed by atoms with E-state index < -0.39 is 5.97 Å². The van der Waals surface area contributed by atoms with E-state index >= 15 is 0 Å². The summed E-state index contributed by atoms with van der Waals surface area (Å²) in [6.45, 7) is 0. The molecule has 0 aliphatic rings. The number of hydrazine groups is 1. The molecule has 0 unspecified atom stereocenters. The third-order valence-electron chi connectivity index (χ3n) is 1.31. The zero-order valence-electron chi connectivity index (χ0n) is 6.11. The quantitative estimate of drug-likeness (QED) is 0.354. The molecule has 6 N–H and O–H groups in total. The third-order valence-corrected chi connectivity index (χ3v) is 1.31. The van der Waals surface area contributed by atoms with E-state index in [1.807, 2.05) is 0 Å². The lowest BCUT2D eigenvalue weighted by molar-refractivity contribution is 0.0690. The number of hydrogen-bond acceptors (Lipinski definition) is 5. The first-order valence-corrected chi connectivity index (χ1v) is 3.10. The van der Waals surface area contributed by atoms with Gasteiger partial charge in [-0.15, -0.1) is 0 Å². The molecule has 64 valence electrons. The van der Waals surface area contributed by atoms with Crippen molar-refractivity contribution in [1.29, 1.82) is 0 Å². The number of carbonyl (C=O) groups is 1. The standard InChI is InChI=1S/C6H8N4O2/c7-3-1-4(6(11)12)9-2-5(3)10-8/h1-2,10H,8H2,(H2,7,9)(H,11,12). The van der Waals surface area contributed by atoms with Crippen molar-refractivity contribution < 1.29 is 9.90 Å². The first-order valence-electron chi connectivity index (χ1n) is 3.10. The number of pyridine rings is 1. The average Bonchev–Trinajstić information content (AvgIpc) is 2.04. The van der Waals surface area contributed by atoms with Crippen LogP contribution in [0, 0.1) is 0 Å². The molecule has 0 saturated carbocycles. The van der Waals surface area contributed by atoms with E-state index in [0.29, 0.717) is 5.69 Å². The smallest absolute Gasteiger partial charge is 0.354 e. The molecule has 0 aromatic carbocycles. The zero-order valence-corrected chi connectivity index (χ0v) is 6.11. The molecule has 0 spiro atoms. The number of rotatable bonds is 2. The highest BCUT2D eigenvalue weighted by Crippen LogP contribution is 2.15. The first kappa shape index (κ1) is 8.28.